The molecule has 2 aromatic rings. The van der Waals surface area contributed by atoms with Crippen molar-refractivity contribution in [3.8, 4) is 5.75 Å². The second-order valence-electron chi connectivity index (χ2n) is 7.82. The molecule has 0 radical (unpaired) electrons. The molecule has 0 spiro atoms. The van der Waals surface area contributed by atoms with Crippen LogP contribution >= 0.6 is 0 Å². The van der Waals surface area contributed by atoms with Gasteiger partial charge in [0.1, 0.15) is 0 Å². The van der Waals surface area contributed by atoms with E-state index in [1.54, 1.807) is 12.1 Å². The van der Waals surface area contributed by atoms with Gasteiger partial charge in [-0.2, -0.15) is 0 Å². The largest absolute Gasteiger partial charge is 0.490 e. The molecule has 1 aliphatic carbocycles. The number of aromatic amines is 1. The van der Waals surface area contributed by atoms with Crippen LogP contribution < -0.4 is 16.0 Å². The maximum absolute atomic E-state index is 14.0. The molecular formula is C21H27FN2O5S. The van der Waals surface area contributed by atoms with Crippen LogP contribution in [-0.4, -0.2) is 36.1 Å². The Kier molecular flexibility index (Phi) is 7.12. The summed E-state index contributed by atoms with van der Waals surface area (Å²) in [5, 5.41) is 0. The second-order valence-corrected chi connectivity index (χ2v) is 10.0. The van der Waals surface area contributed by atoms with Gasteiger partial charge in [-0.15, -0.1) is 0 Å². The second kappa shape index (κ2) is 9.59. The van der Waals surface area contributed by atoms with Crippen molar-refractivity contribution in [1.29, 1.82) is 0 Å². The first kappa shape index (κ1) is 22.3. The van der Waals surface area contributed by atoms with Crippen LogP contribution in [0.3, 0.4) is 0 Å². The number of aryl methyl sites for hydroxylation is 1. The molecule has 0 bridgehead atoms. The standard InChI is InChI=1S/C21H27FN2O5S/c1-2-16(17-6-7-18(22)19(12-17)29-13-15-4-5-15)14-30(27,28)11-3-9-24-10-8-20(25)23-21(24)26/h6-8,10,12,15-16H,2-5,9,11,13-14H2,1H3,(H,23,25,26)/t16-/m0/s1. The molecule has 0 saturated heterocycles. The van der Waals surface area contributed by atoms with Crippen LogP contribution in [0.2, 0.25) is 0 Å². The summed E-state index contributed by atoms with van der Waals surface area (Å²) in [5.41, 5.74) is -0.309. The minimum absolute atomic E-state index is 0.0578. The Balaban J connectivity index is 1.61. The number of hydrogen-bond donors (Lipinski definition) is 1. The topological polar surface area (TPSA) is 98.2 Å². The molecule has 1 saturated carbocycles. The molecule has 1 N–H and O–H groups in total. The first-order chi connectivity index (χ1) is 14.3. The van der Waals surface area contributed by atoms with Crippen molar-refractivity contribution in [1.82, 2.24) is 9.55 Å². The van der Waals surface area contributed by atoms with E-state index in [1.165, 1.54) is 22.9 Å². The van der Waals surface area contributed by atoms with Crippen LogP contribution in [0.1, 0.15) is 44.1 Å². The smallest absolute Gasteiger partial charge is 0.328 e. The number of halogens is 1. The Morgan fingerprint density at radius 1 is 1.27 bits per heavy atom. The van der Waals surface area contributed by atoms with Gasteiger partial charge in [-0.05, 0) is 55.2 Å². The van der Waals surface area contributed by atoms with Crippen LogP contribution in [-0.2, 0) is 16.4 Å². The lowest BCUT2D eigenvalue weighted by molar-refractivity contribution is 0.285. The first-order valence-corrected chi connectivity index (χ1v) is 12.0. The molecule has 164 valence electrons. The van der Waals surface area contributed by atoms with Crippen LogP contribution in [0, 0.1) is 11.7 Å². The number of sulfone groups is 1. The van der Waals surface area contributed by atoms with E-state index in [0.29, 0.717) is 18.9 Å². The minimum Gasteiger partial charge on any atom is -0.490 e. The van der Waals surface area contributed by atoms with Crippen molar-refractivity contribution < 1.29 is 17.5 Å². The van der Waals surface area contributed by atoms with E-state index < -0.39 is 26.9 Å². The van der Waals surface area contributed by atoms with Gasteiger partial charge in [0.25, 0.3) is 5.56 Å². The predicted molar refractivity (Wildman–Crippen MR) is 112 cm³/mol. The van der Waals surface area contributed by atoms with Crippen LogP contribution in [0.25, 0.3) is 0 Å². The number of nitrogens with one attached hydrogen (secondary N) is 1. The van der Waals surface area contributed by atoms with Crippen molar-refractivity contribution in [2.75, 3.05) is 18.1 Å². The van der Waals surface area contributed by atoms with Crippen LogP contribution in [0.4, 0.5) is 4.39 Å². The van der Waals surface area contributed by atoms with E-state index in [2.05, 4.69) is 4.98 Å². The number of H-pyrrole nitrogens is 1. The van der Waals surface area contributed by atoms with E-state index in [1.807, 2.05) is 6.92 Å². The van der Waals surface area contributed by atoms with E-state index in [-0.39, 0.29) is 36.1 Å². The fourth-order valence-corrected chi connectivity index (χ4v) is 5.07. The fourth-order valence-electron chi connectivity index (χ4n) is 3.29. The highest BCUT2D eigenvalue weighted by atomic mass is 32.2. The molecule has 1 atom stereocenters. The van der Waals surface area contributed by atoms with E-state index in [4.69, 9.17) is 4.74 Å². The maximum atomic E-state index is 14.0. The summed E-state index contributed by atoms with van der Waals surface area (Å²) in [7, 11) is -3.39. The lowest BCUT2D eigenvalue weighted by atomic mass is 9.98. The van der Waals surface area contributed by atoms with Gasteiger partial charge < -0.3 is 9.30 Å². The molecule has 30 heavy (non-hydrogen) atoms. The fraction of sp³-hybridized carbons (Fsp3) is 0.524. The van der Waals surface area contributed by atoms with Gasteiger partial charge in [-0.3, -0.25) is 9.78 Å². The monoisotopic (exact) mass is 438 g/mol. The summed E-state index contributed by atoms with van der Waals surface area (Å²) in [6.45, 7) is 2.58. The van der Waals surface area contributed by atoms with Gasteiger partial charge in [-0.1, -0.05) is 13.0 Å². The van der Waals surface area contributed by atoms with Gasteiger partial charge in [0.2, 0.25) is 0 Å². The molecule has 9 heteroatoms. The molecule has 0 amide bonds. The Hall–Kier alpha value is -2.42. The highest BCUT2D eigenvalue weighted by Crippen LogP contribution is 2.32. The van der Waals surface area contributed by atoms with E-state index in [9.17, 15) is 22.4 Å². The van der Waals surface area contributed by atoms with Crippen molar-refractivity contribution in [3.63, 3.8) is 0 Å². The normalized spacial score (nSPS) is 15.1. The van der Waals surface area contributed by atoms with Crippen molar-refractivity contribution >= 4 is 9.84 Å². The average molecular weight is 439 g/mol. The van der Waals surface area contributed by atoms with E-state index >= 15 is 0 Å². The molecule has 1 fully saturated rings. The zero-order chi connectivity index (χ0) is 21.7. The van der Waals surface area contributed by atoms with Crippen molar-refractivity contribution in [3.05, 3.63) is 62.7 Å². The highest BCUT2D eigenvalue weighted by molar-refractivity contribution is 7.91. The van der Waals surface area contributed by atoms with Gasteiger partial charge in [-0.25, -0.2) is 17.6 Å². The summed E-state index contributed by atoms with van der Waals surface area (Å²) in [6, 6.07) is 5.78. The number of rotatable bonds is 11. The molecule has 7 nitrogen and oxygen atoms in total. The highest BCUT2D eigenvalue weighted by Gasteiger charge is 2.24. The van der Waals surface area contributed by atoms with Gasteiger partial charge in [0.15, 0.2) is 21.4 Å². The molecule has 1 aromatic heterocycles. The van der Waals surface area contributed by atoms with Crippen LogP contribution in [0.15, 0.2) is 40.1 Å². The third-order valence-electron chi connectivity index (χ3n) is 5.30. The van der Waals surface area contributed by atoms with E-state index in [0.717, 1.165) is 18.4 Å². The number of aromatic nitrogens is 2. The summed E-state index contributed by atoms with van der Waals surface area (Å²) in [5.74, 6) is -0.185. The van der Waals surface area contributed by atoms with Gasteiger partial charge in [0, 0.05) is 18.8 Å². The van der Waals surface area contributed by atoms with Crippen molar-refractivity contribution in [2.24, 2.45) is 5.92 Å². The summed E-state index contributed by atoms with van der Waals surface area (Å²) < 4.78 is 46.1. The SMILES string of the molecule is CC[C@@H](CS(=O)(=O)CCCn1ccc(=O)[nH]c1=O)c1ccc(F)c(OCC2CC2)c1. The molecule has 0 unspecified atom stereocenters. The Bertz CT molecular complexity index is 1090. The van der Waals surface area contributed by atoms with Gasteiger partial charge >= 0.3 is 5.69 Å². The lowest BCUT2D eigenvalue weighted by Gasteiger charge is -2.17. The molecule has 0 aliphatic heterocycles. The predicted octanol–water partition coefficient (Wildman–Crippen LogP) is 2.46. The summed E-state index contributed by atoms with van der Waals surface area (Å²) in [6.07, 6.45) is 4.39. The Morgan fingerprint density at radius 2 is 2.03 bits per heavy atom. The van der Waals surface area contributed by atoms with Crippen molar-refractivity contribution in [2.45, 2.75) is 45.1 Å². The Morgan fingerprint density at radius 3 is 2.70 bits per heavy atom. The molecule has 1 heterocycles. The molecule has 3 rings (SSSR count). The van der Waals surface area contributed by atoms with Crippen LogP contribution in [0.5, 0.6) is 5.75 Å². The third-order valence-corrected chi connectivity index (χ3v) is 7.12. The minimum atomic E-state index is -3.39. The molecular weight excluding hydrogens is 411 g/mol. The maximum Gasteiger partial charge on any atom is 0.328 e. The number of ether oxygens (including phenoxy) is 1. The molecule has 1 aliphatic rings. The number of nitrogens with zero attached hydrogens (tertiary/aromatic N) is 1. The quantitative estimate of drug-likeness (QED) is 0.581. The zero-order valence-electron chi connectivity index (χ0n) is 17.0. The zero-order valence-corrected chi connectivity index (χ0v) is 17.8. The molecule has 1 aromatic carbocycles. The summed E-state index contributed by atoms with van der Waals surface area (Å²) >= 11 is 0. The summed E-state index contributed by atoms with van der Waals surface area (Å²) in [4.78, 5) is 24.9. The van der Waals surface area contributed by atoms with Gasteiger partial charge in [0.05, 0.1) is 18.1 Å². The Labute approximate surface area is 174 Å². The number of benzene rings is 1. The third kappa shape index (κ3) is 6.29. The average Bonchev–Trinajstić information content (AvgIpc) is 3.52. The first-order valence-electron chi connectivity index (χ1n) is 10.2. The lowest BCUT2D eigenvalue weighted by Crippen LogP contribution is -2.29. The number of hydrogen-bond acceptors (Lipinski definition) is 5.